The van der Waals surface area contributed by atoms with Crippen LogP contribution in [0.3, 0.4) is 0 Å². The van der Waals surface area contributed by atoms with Gasteiger partial charge < -0.3 is 15.0 Å². The maximum Gasteiger partial charge on any atom is 0.228 e. The molecule has 0 aromatic heterocycles. The van der Waals surface area contributed by atoms with E-state index in [0.717, 1.165) is 30.1 Å². The van der Waals surface area contributed by atoms with Gasteiger partial charge in [0.25, 0.3) is 0 Å². The van der Waals surface area contributed by atoms with Gasteiger partial charge in [-0.1, -0.05) is 18.2 Å². The average Bonchev–Trinajstić information content (AvgIpc) is 3.10. The second-order valence-corrected chi connectivity index (χ2v) is 5.82. The molecule has 0 radical (unpaired) electrons. The smallest absolute Gasteiger partial charge is 0.228 e. The molecule has 2 aromatic rings. The number of anilines is 2. The Bertz CT molecular complexity index is 661. The topological polar surface area (TPSA) is 41.6 Å². The van der Waals surface area contributed by atoms with Crippen molar-refractivity contribution < 1.29 is 9.53 Å². The summed E-state index contributed by atoms with van der Waals surface area (Å²) in [5.74, 6) is 0.713. The maximum atomic E-state index is 12.2. The second kappa shape index (κ2) is 7.18. The summed E-state index contributed by atoms with van der Waals surface area (Å²) in [5.41, 5.74) is 3.02. The number of methoxy groups -OCH3 is 1. The highest BCUT2D eigenvalue weighted by Crippen LogP contribution is 2.21. The molecule has 4 heteroatoms. The van der Waals surface area contributed by atoms with Crippen LogP contribution in [0.4, 0.5) is 11.4 Å². The summed E-state index contributed by atoms with van der Waals surface area (Å²) in [7, 11) is 1.61. The Morgan fingerprint density at radius 2 is 1.87 bits per heavy atom. The van der Waals surface area contributed by atoms with Gasteiger partial charge in [0.1, 0.15) is 5.75 Å². The van der Waals surface area contributed by atoms with Gasteiger partial charge in [-0.15, -0.1) is 0 Å². The molecule has 0 bridgehead atoms. The molecule has 2 aromatic carbocycles. The van der Waals surface area contributed by atoms with Crippen LogP contribution in [0.1, 0.15) is 18.4 Å². The van der Waals surface area contributed by atoms with Crippen molar-refractivity contribution in [1.29, 1.82) is 0 Å². The van der Waals surface area contributed by atoms with Crippen LogP contribution in [0.2, 0.25) is 0 Å². The fourth-order valence-electron chi connectivity index (χ4n) is 2.89. The molecule has 1 N–H and O–H groups in total. The molecule has 0 spiro atoms. The van der Waals surface area contributed by atoms with Crippen LogP contribution < -0.4 is 15.0 Å². The van der Waals surface area contributed by atoms with Gasteiger partial charge >= 0.3 is 0 Å². The fourth-order valence-corrected chi connectivity index (χ4v) is 2.89. The molecule has 1 aliphatic rings. The lowest BCUT2D eigenvalue weighted by Gasteiger charge is -2.17. The summed E-state index contributed by atoms with van der Waals surface area (Å²) < 4.78 is 5.16. The Hall–Kier alpha value is -2.49. The lowest BCUT2D eigenvalue weighted by atomic mass is 10.1. The van der Waals surface area contributed by atoms with E-state index in [-0.39, 0.29) is 5.91 Å². The summed E-state index contributed by atoms with van der Waals surface area (Å²) >= 11 is 0. The predicted molar refractivity (Wildman–Crippen MR) is 93.2 cm³/mol. The number of benzene rings is 2. The van der Waals surface area contributed by atoms with Gasteiger partial charge in [0.2, 0.25) is 5.91 Å². The van der Waals surface area contributed by atoms with Gasteiger partial charge in [0.15, 0.2) is 0 Å². The molecular formula is C19H22N2O2. The predicted octanol–water partition coefficient (Wildman–Crippen LogP) is 3.48. The molecule has 1 aliphatic heterocycles. The third-order valence-electron chi connectivity index (χ3n) is 4.13. The first-order valence-corrected chi connectivity index (χ1v) is 8.02. The summed E-state index contributed by atoms with van der Waals surface area (Å²) in [6, 6.07) is 15.7. The van der Waals surface area contributed by atoms with Gasteiger partial charge in [-0.3, -0.25) is 4.79 Å². The number of ether oxygens (including phenoxy) is 1. The van der Waals surface area contributed by atoms with E-state index in [1.807, 2.05) is 36.4 Å². The molecule has 0 unspecified atom stereocenters. The number of nitrogens with one attached hydrogen (secondary N) is 1. The lowest BCUT2D eigenvalue weighted by Crippen LogP contribution is -2.17. The monoisotopic (exact) mass is 310 g/mol. The number of carbonyl (C=O) groups is 1. The van der Waals surface area contributed by atoms with Crippen LogP contribution in [0.15, 0.2) is 48.5 Å². The van der Waals surface area contributed by atoms with Crippen molar-refractivity contribution in [2.45, 2.75) is 19.3 Å². The Balaban J connectivity index is 1.58. The average molecular weight is 310 g/mol. The molecular weight excluding hydrogens is 288 g/mol. The van der Waals surface area contributed by atoms with Crippen LogP contribution in [0, 0.1) is 0 Å². The molecule has 0 saturated carbocycles. The van der Waals surface area contributed by atoms with Crippen LogP contribution in [0.5, 0.6) is 5.75 Å². The van der Waals surface area contributed by atoms with E-state index in [0.29, 0.717) is 6.42 Å². The van der Waals surface area contributed by atoms with E-state index >= 15 is 0 Å². The number of amides is 1. The second-order valence-electron chi connectivity index (χ2n) is 5.82. The maximum absolute atomic E-state index is 12.2. The minimum atomic E-state index is -0.0211. The molecule has 3 rings (SSSR count). The molecule has 23 heavy (non-hydrogen) atoms. The summed E-state index contributed by atoms with van der Waals surface area (Å²) in [6.45, 7) is 2.27. The Labute approximate surface area is 137 Å². The van der Waals surface area contributed by atoms with E-state index in [2.05, 4.69) is 22.3 Å². The van der Waals surface area contributed by atoms with E-state index < -0.39 is 0 Å². The highest BCUT2D eigenvalue weighted by molar-refractivity contribution is 5.92. The molecule has 1 heterocycles. The van der Waals surface area contributed by atoms with Crippen LogP contribution in [-0.2, 0) is 11.2 Å². The number of hydrogen-bond donors (Lipinski definition) is 1. The van der Waals surface area contributed by atoms with Gasteiger partial charge in [-0.2, -0.15) is 0 Å². The third-order valence-corrected chi connectivity index (χ3v) is 4.13. The van der Waals surface area contributed by atoms with E-state index in [4.69, 9.17) is 4.74 Å². The minimum Gasteiger partial charge on any atom is -0.497 e. The van der Waals surface area contributed by atoms with Crippen molar-refractivity contribution in [2.24, 2.45) is 0 Å². The first-order valence-electron chi connectivity index (χ1n) is 8.02. The zero-order chi connectivity index (χ0) is 16.1. The largest absolute Gasteiger partial charge is 0.497 e. The van der Waals surface area contributed by atoms with Crippen molar-refractivity contribution in [1.82, 2.24) is 0 Å². The van der Waals surface area contributed by atoms with Crippen molar-refractivity contribution in [3.05, 3.63) is 54.1 Å². The lowest BCUT2D eigenvalue weighted by molar-refractivity contribution is -0.115. The SMILES string of the molecule is COc1cccc(NC(=O)Cc2ccc(N3CCCC3)cc2)c1. The van der Waals surface area contributed by atoms with E-state index in [9.17, 15) is 4.79 Å². The van der Waals surface area contributed by atoms with E-state index in [1.165, 1.54) is 18.5 Å². The quantitative estimate of drug-likeness (QED) is 0.919. The van der Waals surface area contributed by atoms with Gasteiger partial charge in [0.05, 0.1) is 13.5 Å². The molecule has 0 aliphatic carbocycles. The molecule has 1 fully saturated rings. The van der Waals surface area contributed by atoms with Crippen molar-refractivity contribution in [3.63, 3.8) is 0 Å². The third kappa shape index (κ3) is 4.03. The highest BCUT2D eigenvalue weighted by Gasteiger charge is 2.12. The molecule has 1 amide bonds. The molecule has 120 valence electrons. The first kappa shape index (κ1) is 15.4. The first-order chi connectivity index (χ1) is 11.2. The van der Waals surface area contributed by atoms with Gasteiger partial charge in [-0.05, 0) is 42.7 Å². The number of rotatable bonds is 5. The van der Waals surface area contributed by atoms with E-state index in [1.54, 1.807) is 7.11 Å². The Morgan fingerprint density at radius 3 is 2.57 bits per heavy atom. The normalized spacial score (nSPS) is 13.9. The standard InChI is InChI=1S/C19H22N2O2/c1-23-18-6-4-5-16(14-18)20-19(22)13-15-7-9-17(10-8-15)21-11-2-3-12-21/h4-10,14H,2-3,11-13H2,1H3,(H,20,22). The van der Waals surface area contributed by atoms with Crippen LogP contribution >= 0.6 is 0 Å². The molecule has 4 nitrogen and oxygen atoms in total. The Morgan fingerprint density at radius 1 is 1.13 bits per heavy atom. The van der Waals surface area contributed by atoms with Gasteiger partial charge in [0, 0.05) is 30.5 Å². The van der Waals surface area contributed by atoms with Crippen molar-refractivity contribution in [2.75, 3.05) is 30.4 Å². The zero-order valence-corrected chi connectivity index (χ0v) is 13.4. The molecule has 0 atom stereocenters. The number of nitrogens with zero attached hydrogens (tertiary/aromatic N) is 1. The number of hydrogen-bond acceptors (Lipinski definition) is 3. The van der Waals surface area contributed by atoms with Gasteiger partial charge in [-0.25, -0.2) is 0 Å². The highest BCUT2D eigenvalue weighted by atomic mass is 16.5. The van der Waals surface area contributed by atoms with Crippen LogP contribution in [0.25, 0.3) is 0 Å². The van der Waals surface area contributed by atoms with Crippen molar-refractivity contribution >= 4 is 17.3 Å². The number of carbonyl (C=O) groups excluding carboxylic acids is 1. The molecule has 1 saturated heterocycles. The van der Waals surface area contributed by atoms with Crippen LogP contribution in [-0.4, -0.2) is 26.1 Å². The zero-order valence-electron chi connectivity index (χ0n) is 13.4. The van der Waals surface area contributed by atoms with Crippen molar-refractivity contribution in [3.8, 4) is 5.75 Å². The fraction of sp³-hybridized carbons (Fsp3) is 0.316. The summed E-state index contributed by atoms with van der Waals surface area (Å²) in [6.07, 6.45) is 2.91. The Kier molecular flexibility index (Phi) is 4.81. The summed E-state index contributed by atoms with van der Waals surface area (Å²) in [4.78, 5) is 14.5. The minimum absolute atomic E-state index is 0.0211. The summed E-state index contributed by atoms with van der Waals surface area (Å²) in [5, 5.41) is 2.91.